The minimum Gasteiger partial charge on any atom is -0.478 e. The Morgan fingerprint density at radius 2 is 2.04 bits per heavy atom. The molecule has 1 unspecified atom stereocenters. The van der Waals surface area contributed by atoms with E-state index in [0.29, 0.717) is 13.0 Å². The van der Waals surface area contributed by atoms with Crippen LogP contribution in [0.25, 0.3) is 0 Å². The van der Waals surface area contributed by atoms with E-state index in [4.69, 9.17) is 14.2 Å². The van der Waals surface area contributed by atoms with Gasteiger partial charge in [-0.15, -0.1) is 0 Å². The molecule has 9 heteroatoms. The summed E-state index contributed by atoms with van der Waals surface area (Å²) in [5.74, 6) is -0.725. The third-order valence-electron chi connectivity index (χ3n) is 4.03. The molecule has 0 spiro atoms. The molecule has 2 rings (SSSR count). The lowest BCUT2D eigenvalue weighted by atomic mass is 10.0. The largest absolute Gasteiger partial charge is 0.478 e. The molecule has 1 aliphatic heterocycles. The van der Waals surface area contributed by atoms with Crippen molar-refractivity contribution in [2.45, 2.75) is 38.9 Å². The quantitative estimate of drug-likeness (QED) is 0.439. The number of non-ortho nitro benzene ring substituents is 1. The number of methoxy groups -OCH3 is 1. The normalized spacial score (nSPS) is 17.9. The average Bonchev–Trinajstić information content (AvgIpc) is 3.07. The van der Waals surface area contributed by atoms with E-state index in [-0.39, 0.29) is 23.9 Å². The van der Waals surface area contributed by atoms with Crippen molar-refractivity contribution in [3.8, 4) is 5.75 Å². The van der Waals surface area contributed by atoms with Crippen LogP contribution < -0.4 is 4.74 Å². The molecular weight excluding hydrogens is 356 g/mol. The zero-order valence-electron chi connectivity index (χ0n) is 15.8. The van der Waals surface area contributed by atoms with Crippen molar-refractivity contribution in [1.82, 2.24) is 4.90 Å². The number of esters is 1. The predicted octanol–water partition coefficient (Wildman–Crippen LogP) is 2.77. The minimum atomic E-state index is -0.982. The van der Waals surface area contributed by atoms with E-state index in [1.54, 1.807) is 20.8 Å². The second-order valence-corrected chi connectivity index (χ2v) is 7.29. The van der Waals surface area contributed by atoms with Gasteiger partial charge in [-0.3, -0.25) is 10.1 Å². The molecule has 1 amide bonds. The zero-order valence-corrected chi connectivity index (χ0v) is 15.8. The second-order valence-electron chi connectivity index (χ2n) is 7.29. The van der Waals surface area contributed by atoms with Gasteiger partial charge in [0.25, 0.3) is 5.69 Å². The molecule has 1 aromatic carbocycles. The third-order valence-corrected chi connectivity index (χ3v) is 4.03. The monoisotopic (exact) mass is 380 g/mol. The number of hydrogen-bond donors (Lipinski definition) is 0. The maximum atomic E-state index is 12.2. The zero-order chi connectivity index (χ0) is 20.2. The molecule has 9 nitrogen and oxygen atoms in total. The van der Waals surface area contributed by atoms with E-state index in [1.165, 1.54) is 36.3 Å². The van der Waals surface area contributed by atoms with Crippen LogP contribution in [-0.4, -0.2) is 53.8 Å². The number of rotatable bonds is 5. The van der Waals surface area contributed by atoms with Crippen LogP contribution >= 0.6 is 0 Å². The van der Waals surface area contributed by atoms with Crippen LogP contribution in [0.1, 0.15) is 27.2 Å². The van der Waals surface area contributed by atoms with Gasteiger partial charge in [-0.1, -0.05) is 6.07 Å². The number of nitro benzene ring substituents is 1. The van der Waals surface area contributed by atoms with Gasteiger partial charge in [0.05, 0.1) is 18.1 Å². The number of hydrogen-bond acceptors (Lipinski definition) is 7. The number of likely N-dealkylation sites (tertiary alicyclic amines) is 1. The molecule has 0 aliphatic carbocycles. The molecule has 0 aromatic heterocycles. The Labute approximate surface area is 157 Å². The highest BCUT2D eigenvalue weighted by atomic mass is 16.6. The van der Waals surface area contributed by atoms with E-state index in [2.05, 4.69) is 0 Å². The average molecular weight is 380 g/mol. The van der Waals surface area contributed by atoms with E-state index >= 15 is 0 Å². The molecule has 1 heterocycles. The number of benzene rings is 1. The van der Waals surface area contributed by atoms with Crippen LogP contribution in [0.2, 0.25) is 0 Å². The highest BCUT2D eigenvalue weighted by Gasteiger charge is 2.39. The number of ether oxygens (including phenoxy) is 3. The first-order valence-electron chi connectivity index (χ1n) is 8.57. The summed E-state index contributed by atoms with van der Waals surface area (Å²) >= 11 is 0. The topological polar surface area (TPSA) is 108 Å². The number of carbonyl (C=O) groups excluding carboxylic acids is 2. The van der Waals surface area contributed by atoms with Gasteiger partial charge < -0.3 is 19.1 Å². The first kappa shape index (κ1) is 20.5. The van der Waals surface area contributed by atoms with Gasteiger partial charge in [0.15, 0.2) is 6.10 Å². The van der Waals surface area contributed by atoms with Crippen LogP contribution in [0, 0.1) is 16.0 Å². The highest BCUT2D eigenvalue weighted by molar-refractivity contribution is 5.76. The van der Waals surface area contributed by atoms with Crippen molar-refractivity contribution in [2.24, 2.45) is 5.92 Å². The van der Waals surface area contributed by atoms with Crippen molar-refractivity contribution < 1.29 is 28.7 Å². The fourth-order valence-electron chi connectivity index (χ4n) is 2.80. The number of amides is 1. The van der Waals surface area contributed by atoms with Crippen molar-refractivity contribution in [3.05, 3.63) is 34.4 Å². The lowest BCUT2D eigenvalue weighted by molar-refractivity contribution is -0.385. The summed E-state index contributed by atoms with van der Waals surface area (Å²) in [5, 5.41) is 10.9. The van der Waals surface area contributed by atoms with Crippen molar-refractivity contribution >= 4 is 17.7 Å². The van der Waals surface area contributed by atoms with Gasteiger partial charge in [-0.05, 0) is 33.3 Å². The number of nitrogens with zero attached hydrogens (tertiary/aromatic N) is 2. The summed E-state index contributed by atoms with van der Waals surface area (Å²) in [6, 6.07) is 5.59. The molecule has 2 atom stereocenters. The van der Waals surface area contributed by atoms with Crippen molar-refractivity contribution in [3.63, 3.8) is 0 Å². The molecular formula is C18H24N2O7. The van der Waals surface area contributed by atoms with E-state index in [9.17, 15) is 19.7 Å². The molecule has 0 N–H and O–H groups in total. The Morgan fingerprint density at radius 1 is 1.33 bits per heavy atom. The number of carbonyl (C=O) groups is 2. The van der Waals surface area contributed by atoms with Crippen LogP contribution in [0.4, 0.5) is 10.5 Å². The molecule has 1 aromatic rings. The first-order valence-corrected chi connectivity index (χ1v) is 8.57. The minimum absolute atomic E-state index is 0.141. The summed E-state index contributed by atoms with van der Waals surface area (Å²) in [6.45, 7) is 6.03. The van der Waals surface area contributed by atoms with Gasteiger partial charge in [-0.2, -0.15) is 0 Å². The van der Waals surface area contributed by atoms with Crippen LogP contribution in [0.15, 0.2) is 24.3 Å². The third kappa shape index (κ3) is 5.57. The molecule has 1 saturated heterocycles. The molecule has 1 fully saturated rings. The van der Waals surface area contributed by atoms with Crippen LogP contribution in [0.3, 0.4) is 0 Å². The first-order chi connectivity index (χ1) is 12.6. The standard InChI is InChI=1S/C18H24N2O7/c1-18(2,3)27-17(22)19-9-8-12(11-19)15(16(21)25-4)26-14-7-5-6-13(10-14)20(23)24/h5-7,10,12,15H,8-9,11H2,1-4H3/t12-,15?/m0/s1. The van der Waals surface area contributed by atoms with Crippen LogP contribution in [0.5, 0.6) is 5.75 Å². The molecule has 0 bridgehead atoms. The Morgan fingerprint density at radius 3 is 2.63 bits per heavy atom. The molecule has 1 aliphatic rings. The van der Waals surface area contributed by atoms with Crippen LogP contribution in [-0.2, 0) is 14.3 Å². The summed E-state index contributed by atoms with van der Waals surface area (Å²) in [7, 11) is 1.24. The summed E-state index contributed by atoms with van der Waals surface area (Å²) in [4.78, 5) is 36.3. The molecule has 27 heavy (non-hydrogen) atoms. The fraction of sp³-hybridized carbons (Fsp3) is 0.556. The van der Waals surface area contributed by atoms with Gasteiger partial charge >= 0.3 is 12.1 Å². The molecule has 0 radical (unpaired) electrons. The maximum absolute atomic E-state index is 12.2. The molecule has 0 saturated carbocycles. The summed E-state index contributed by atoms with van der Waals surface area (Å²) in [6.07, 6.45) is -0.915. The summed E-state index contributed by atoms with van der Waals surface area (Å²) < 4.78 is 15.9. The molecule has 148 valence electrons. The number of nitro groups is 1. The van der Waals surface area contributed by atoms with Gasteiger partial charge in [0, 0.05) is 25.1 Å². The van der Waals surface area contributed by atoms with Crippen molar-refractivity contribution in [2.75, 3.05) is 20.2 Å². The smallest absolute Gasteiger partial charge is 0.410 e. The lowest BCUT2D eigenvalue weighted by Gasteiger charge is -2.25. The Bertz CT molecular complexity index is 714. The Hall–Kier alpha value is -2.84. The highest BCUT2D eigenvalue weighted by Crippen LogP contribution is 2.27. The van der Waals surface area contributed by atoms with E-state index in [0.717, 1.165) is 0 Å². The van der Waals surface area contributed by atoms with Gasteiger partial charge in [0.2, 0.25) is 0 Å². The van der Waals surface area contributed by atoms with Gasteiger partial charge in [0.1, 0.15) is 11.4 Å². The fourth-order valence-corrected chi connectivity index (χ4v) is 2.80. The second kappa shape index (κ2) is 8.24. The SMILES string of the molecule is COC(=O)C(Oc1cccc([N+](=O)[O-])c1)[C@H]1CCN(C(=O)OC(C)(C)C)C1. The van der Waals surface area contributed by atoms with Crippen molar-refractivity contribution in [1.29, 1.82) is 0 Å². The van der Waals surface area contributed by atoms with Gasteiger partial charge in [-0.25, -0.2) is 9.59 Å². The van der Waals surface area contributed by atoms with E-state index in [1.807, 2.05) is 0 Å². The Kier molecular flexibility index (Phi) is 6.24. The predicted molar refractivity (Wildman–Crippen MR) is 95.4 cm³/mol. The Balaban J connectivity index is 2.11. The van der Waals surface area contributed by atoms with E-state index < -0.39 is 28.7 Å². The summed E-state index contributed by atoms with van der Waals surface area (Å²) in [5.41, 5.74) is -0.756. The lowest BCUT2D eigenvalue weighted by Crippen LogP contribution is -2.40. The maximum Gasteiger partial charge on any atom is 0.410 e.